The van der Waals surface area contributed by atoms with Gasteiger partial charge < -0.3 is 5.11 Å². The third kappa shape index (κ3) is 3.55. The molecule has 0 aromatic heterocycles. The molecule has 1 aromatic carbocycles. The van der Waals surface area contributed by atoms with Crippen molar-refractivity contribution in [1.29, 1.82) is 0 Å². The highest BCUT2D eigenvalue weighted by Gasteiger charge is 2.20. The van der Waals surface area contributed by atoms with Crippen LogP contribution in [0.15, 0.2) is 71.6 Å². The Morgan fingerprint density at radius 3 is 2.57 bits per heavy atom. The van der Waals surface area contributed by atoms with Crippen LogP contribution in [0, 0.1) is 0 Å². The molecule has 1 aliphatic rings. The molecule has 1 atom stereocenters. The number of allylic oxidation sites excluding steroid dienone is 7. The Kier molecular flexibility index (Phi) is 5.21. The Hall–Kier alpha value is -2.02. The summed E-state index contributed by atoms with van der Waals surface area (Å²) in [4.78, 5) is 0. The first-order chi connectivity index (χ1) is 10.2. The van der Waals surface area contributed by atoms with E-state index < -0.39 is 0 Å². The van der Waals surface area contributed by atoms with Gasteiger partial charge in [0, 0.05) is 17.9 Å². The largest absolute Gasteiger partial charge is 0.512 e. The molecular weight excluding hydrogens is 256 g/mol. The highest BCUT2D eigenvalue weighted by molar-refractivity contribution is 5.46. The lowest BCUT2D eigenvalue weighted by Crippen LogP contribution is -2.06. The van der Waals surface area contributed by atoms with Gasteiger partial charge >= 0.3 is 0 Å². The summed E-state index contributed by atoms with van der Waals surface area (Å²) in [5.41, 5.74) is 4.83. The van der Waals surface area contributed by atoms with Crippen molar-refractivity contribution >= 4 is 0 Å². The molecule has 0 bridgehead atoms. The molecule has 0 radical (unpaired) electrons. The minimum Gasteiger partial charge on any atom is -0.512 e. The van der Waals surface area contributed by atoms with Crippen molar-refractivity contribution in [3.05, 3.63) is 82.7 Å². The van der Waals surface area contributed by atoms with Crippen LogP contribution in [0.2, 0.25) is 0 Å². The van der Waals surface area contributed by atoms with E-state index in [-0.39, 0.29) is 5.92 Å². The molecule has 110 valence electrons. The van der Waals surface area contributed by atoms with Gasteiger partial charge in [-0.1, -0.05) is 67.1 Å². The lowest BCUT2D eigenvalue weighted by atomic mass is 9.83. The number of benzene rings is 1. The first kappa shape index (κ1) is 15.4. The zero-order valence-electron chi connectivity index (χ0n) is 13.1. The Morgan fingerprint density at radius 1 is 1.24 bits per heavy atom. The van der Waals surface area contributed by atoms with E-state index >= 15 is 0 Å². The summed E-state index contributed by atoms with van der Waals surface area (Å²) in [6.07, 6.45) is 11.8. The third-order valence-corrected chi connectivity index (χ3v) is 4.11. The quantitative estimate of drug-likeness (QED) is 0.709. The summed E-state index contributed by atoms with van der Waals surface area (Å²) in [7, 11) is 0. The maximum Gasteiger partial charge on any atom is 0.100 e. The van der Waals surface area contributed by atoms with Gasteiger partial charge in [0.1, 0.15) is 5.76 Å². The highest BCUT2D eigenvalue weighted by Crippen LogP contribution is 2.35. The molecule has 0 heterocycles. The molecule has 0 fully saturated rings. The van der Waals surface area contributed by atoms with Gasteiger partial charge in [-0.15, -0.1) is 0 Å². The summed E-state index contributed by atoms with van der Waals surface area (Å²) in [6, 6.07) is 8.73. The van der Waals surface area contributed by atoms with Crippen molar-refractivity contribution in [1.82, 2.24) is 0 Å². The molecule has 1 aromatic rings. The average Bonchev–Trinajstić information content (AvgIpc) is 2.73. The topological polar surface area (TPSA) is 20.2 Å². The maximum atomic E-state index is 10.4. The van der Waals surface area contributed by atoms with E-state index in [4.69, 9.17) is 0 Å². The van der Waals surface area contributed by atoms with Crippen LogP contribution in [0.4, 0.5) is 0 Å². The molecule has 0 saturated heterocycles. The van der Waals surface area contributed by atoms with Crippen LogP contribution in [0.1, 0.15) is 44.2 Å². The SMILES string of the molecule is C/C=C(\C)C(C1=C(O)CC=CC=C1)c1ccc(CC)cc1. The highest BCUT2D eigenvalue weighted by atomic mass is 16.3. The van der Waals surface area contributed by atoms with E-state index in [0.29, 0.717) is 12.2 Å². The predicted molar refractivity (Wildman–Crippen MR) is 90.5 cm³/mol. The fourth-order valence-corrected chi connectivity index (χ4v) is 2.69. The molecule has 0 spiro atoms. The normalized spacial score (nSPS) is 17.0. The Bertz CT molecular complexity index is 597. The smallest absolute Gasteiger partial charge is 0.100 e. The van der Waals surface area contributed by atoms with Gasteiger partial charge in [-0.2, -0.15) is 0 Å². The van der Waals surface area contributed by atoms with Gasteiger partial charge in [0.05, 0.1) is 0 Å². The van der Waals surface area contributed by atoms with Crippen molar-refractivity contribution in [3.8, 4) is 0 Å². The van der Waals surface area contributed by atoms with Crippen LogP contribution < -0.4 is 0 Å². The molecular formula is C20H24O. The standard InChI is InChI=1S/C20H24O/c1-4-15(3)20(17-13-11-16(5-2)12-14-17)18-9-7-6-8-10-19(18)21/h4,6-9,11-14,20-21H,5,10H2,1-3H3/b15-4+. The van der Waals surface area contributed by atoms with Crippen molar-refractivity contribution in [3.63, 3.8) is 0 Å². The zero-order chi connectivity index (χ0) is 15.2. The number of aliphatic hydroxyl groups excluding tert-OH is 1. The van der Waals surface area contributed by atoms with Gasteiger partial charge in [0.15, 0.2) is 0 Å². The third-order valence-electron chi connectivity index (χ3n) is 4.11. The number of aryl methyl sites for hydroxylation is 1. The molecule has 0 aliphatic heterocycles. The Balaban J connectivity index is 2.48. The van der Waals surface area contributed by atoms with Crippen molar-refractivity contribution in [2.24, 2.45) is 0 Å². The first-order valence-corrected chi connectivity index (χ1v) is 7.64. The zero-order valence-corrected chi connectivity index (χ0v) is 13.1. The fourth-order valence-electron chi connectivity index (χ4n) is 2.69. The molecule has 0 amide bonds. The summed E-state index contributed by atoms with van der Waals surface area (Å²) in [5.74, 6) is 0.586. The average molecular weight is 280 g/mol. The van der Waals surface area contributed by atoms with Crippen LogP contribution in [-0.4, -0.2) is 5.11 Å². The minimum atomic E-state index is 0.122. The van der Waals surface area contributed by atoms with E-state index in [1.54, 1.807) is 0 Å². The summed E-state index contributed by atoms with van der Waals surface area (Å²) < 4.78 is 0. The van der Waals surface area contributed by atoms with E-state index in [0.717, 1.165) is 12.0 Å². The van der Waals surface area contributed by atoms with Crippen molar-refractivity contribution in [2.75, 3.05) is 0 Å². The Labute approximate surface area is 128 Å². The lowest BCUT2D eigenvalue weighted by Gasteiger charge is -2.21. The van der Waals surface area contributed by atoms with Gasteiger partial charge in [-0.3, -0.25) is 0 Å². The fraction of sp³-hybridized carbons (Fsp3) is 0.300. The second kappa shape index (κ2) is 7.12. The molecule has 21 heavy (non-hydrogen) atoms. The molecule has 1 aliphatic carbocycles. The monoisotopic (exact) mass is 280 g/mol. The van der Waals surface area contributed by atoms with Crippen LogP contribution in [0.5, 0.6) is 0 Å². The first-order valence-electron chi connectivity index (χ1n) is 7.64. The second-order valence-electron chi connectivity index (χ2n) is 5.45. The molecule has 0 saturated carbocycles. The van der Waals surface area contributed by atoms with Crippen LogP contribution in [-0.2, 0) is 6.42 Å². The van der Waals surface area contributed by atoms with Gasteiger partial charge in [-0.05, 0) is 31.4 Å². The van der Waals surface area contributed by atoms with Gasteiger partial charge in [-0.25, -0.2) is 0 Å². The van der Waals surface area contributed by atoms with Crippen LogP contribution >= 0.6 is 0 Å². The Morgan fingerprint density at radius 2 is 1.95 bits per heavy atom. The molecule has 1 nitrogen and oxygen atoms in total. The van der Waals surface area contributed by atoms with Crippen LogP contribution in [0.25, 0.3) is 0 Å². The minimum absolute atomic E-state index is 0.122. The number of hydrogen-bond donors (Lipinski definition) is 1. The molecule has 1 N–H and O–H groups in total. The maximum absolute atomic E-state index is 10.4. The summed E-state index contributed by atoms with van der Waals surface area (Å²) in [5, 5.41) is 10.4. The molecule has 2 rings (SSSR count). The van der Waals surface area contributed by atoms with E-state index in [1.807, 2.05) is 24.3 Å². The predicted octanol–water partition coefficient (Wildman–Crippen LogP) is 5.63. The van der Waals surface area contributed by atoms with E-state index in [2.05, 4.69) is 51.1 Å². The summed E-state index contributed by atoms with van der Waals surface area (Å²) >= 11 is 0. The number of aliphatic hydroxyl groups is 1. The molecule has 1 heteroatoms. The molecule has 1 unspecified atom stereocenters. The van der Waals surface area contributed by atoms with E-state index in [9.17, 15) is 5.11 Å². The van der Waals surface area contributed by atoms with Gasteiger partial charge in [0.2, 0.25) is 0 Å². The van der Waals surface area contributed by atoms with Crippen molar-refractivity contribution < 1.29 is 5.11 Å². The number of hydrogen-bond acceptors (Lipinski definition) is 1. The summed E-state index contributed by atoms with van der Waals surface area (Å²) in [6.45, 7) is 6.35. The lowest BCUT2D eigenvalue weighted by molar-refractivity contribution is 0.393. The van der Waals surface area contributed by atoms with E-state index in [1.165, 1.54) is 16.7 Å². The van der Waals surface area contributed by atoms with Crippen molar-refractivity contribution in [2.45, 2.75) is 39.5 Å². The van der Waals surface area contributed by atoms with Gasteiger partial charge in [0.25, 0.3) is 0 Å². The number of rotatable bonds is 4. The van der Waals surface area contributed by atoms with Crippen LogP contribution in [0.3, 0.4) is 0 Å². The second-order valence-corrected chi connectivity index (χ2v) is 5.45.